The first-order valence-corrected chi connectivity index (χ1v) is 7.95. The number of fused-ring (bicyclic) bond motifs is 1. The lowest BCUT2D eigenvalue weighted by Crippen LogP contribution is -2.34. The van der Waals surface area contributed by atoms with Gasteiger partial charge in [-0.25, -0.2) is 9.97 Å². The highest BCUT2D eigenvalue weighted by Crippen LogP contribution is 2.31. The predicted octanol–water partition coefficient (Wildman–Crippen LogP) is 3.08. The van der Waals surface area contributed by atoms with Gasteiger partial charge in [0.25, 0.3) is 0 Å². The van der Waals surface area contributed by atoms with Crippen molar-refractivity contribution < 1.29 is 0 Å². The SMILES string of the molecule is c1cnc2nc([C@H]3CCN(C4CCCCC4)C3)[nH]c2c1. The van der Waals surface area contributed by atoms with E-state index in [0.717, 1.165) is 23.0 Å². The summed E-state index contributed by atoms with van der Waals surface area (Å²) in [6.07, 6.45) is 10.1. The zero-order valence-electron chi connectivity index (χ0n) is 11.9. The van der Waals surface area contributed by atoms with Gasteiger partial charge < -0.3 is 4.98 Å². The van der Waals surface area contributed by atoms with Crippen molar-refractivity contribution in [3.05, 3.63) is 24.2 Å². The second kappa shape index (κ2) is 5.17. The number of pyridine rings is 1. The summed E-state index contributed by atoms with van der Waals surface area (Å²) >= 11 is 0. The third kappa shape index (κ3) is 2.22. The Hall–Kier alpha value is -1.42. The molecule has 1 saturated carbocycles. The molecular formula is C16H22N4. The van der Waals surface area contributed by atoms with Crippen LogP contribution in [0.1, 0.15) is 50.3 Å². The second-order valence-corrected chi connectivity index (χ2v) is 6.27. The van der Waals surface area contributed by atoms with Crippen molar-refractivity contribution in [2.45, 2.75) is 50.5 Å². The lowest BCUT2D eigenvalue weighted by Gasteiger charge is -2.30. The summed E-state index contributed by atoms with van der Waals surface area (Å²) in [7, 11) is 0. The number of likely N-dealkylation sites (tertiary alicyclic amines) is 1. The minimum Gasteiger partial charge on any atom is -0.340 e. The van der Waals surface area contributed by atoms with Crippen LogP contribution in [0, 0.1) is 0 Å². The first-order chi connectivity index (χ1) is 9.90. The molecule has 106 valence electrons. The number of H-pyrrole nitrogens is 1. The summed E-state index contributed by atoms with van der Waals surface area (Å²) in [6.45, 7) is 2.41. The smallest absolute Gasteiger partial charge is 0.177 e. The summed E-state index contributed by atoms with van der Waals surface area (Å²) in [5, 5.41) is 0. The van der Waals surface area contributed by atoms with E-state index >= 15 is 0 Å². The summed E-state index contributed by atoms with van der Waals surface area (Å²) in [6, 6.07) is 4.86. The van der Waals surface area contributed by atoms with Crippen LogP contribution in [0.2, 0.25) is 0 Å². The van der Waals surface area contributed by atoms with Crippen LogP contribution in [0.5, 0.6) is 0 Å². The number of rotatable bonds is 2. The maximum Gasteiger partial charge on any atom is 0.177 e. The maximum absolute atomic E-state index is 4.68. The van der Waals surface area contributed by atoms with Gasteiger partial charge in [-0.1, -0.05) is 19.3 Å². The molecule has 1 saturated heterocycles. The normalized spacial score (nSPS) is 25.5. The summed E-state index contributed by atoms with van der Waals surface area (Å²) < 4.78 is 0. The molecule has 2 aromatic rings. The van der Waals surface area contributed by atoms with Crippen LogP contribution in [0.15, 0.2) is 18.3 Å². The van der Waals surface area contributed by atoms with Crippen LogP contribution in [0.25, 0.3) is 11.2 Å². The number of aromatic amines is 1. The van der Waals surface area contributed by atoms with Gasteiger partial charge in [-0.15, -0.1) is 0 Å². The molecule has 4 nitrogen and oxygen atoms in total. The van der Waals surface area contributed by atoms with Gasteiger partial charge in [-0.2, -0.15) is 0 Å². The molecule has 0 spiro atoms. The molecule has 1 aliphatic carbocycles. The molecule has 1 atom stereocenters. The van der Waals surface area contributed by atoms with Crippen molar-refractivity contribution in [3.8, 4) is 0 Å². The molecule has 20 heavy (non-hydrogen) atoms. The number of imidazole rings is 1. The number of aromatic nitrogens is 3. The minimum absolute atomic E-state index is 0.561. The highest BCUT2D eigenvalue weighted by atomic mass is 15.2. The molecule has 1 aliphatic heterocycles. The molecule has 2 fully saturated rings. The zero-order valence-corrected chi connectivity index (χ0v) is 11.9. The topological polar surface area (TPSA) is 44.8 Å². The molecule has 0 amide bonds. The van der Waals surface area contributed by atoms with Gasteiger partial charge in [0.2, 0.25) is 0 Å². The summed E-state index contributed by atoms with van der Waals surface area (Å²) in [5.41, 5.74) is 1.93. The van der Waals surface area contributed by atoms with Crippen LogP contribution >= 0.6 is 0 Å². The Bertz CT molecular complexity index is 552. The van der Waals surface area contributed by atoms with Crippen molar-refractivity contribution in [2.75, 3.05) is 13.1 Å². The maximum atomic E-state index is 4.68. The Morgan fingerprint density at radius 2 is 2.05 bits per heavy atom. The molecule has 2 aromatic heterocycles. The van der Waals surface area contributed by atoms with Crippen molar-refractivity contribution >= 4 is 11.2 Å². The van der Waals surface area contributed by atoms with Gasteiger partial charge in [0.15, 0.2) is 5.65 Å². The quantitative estimate of drug-likeness (QED) is 0.912. The molecule has 0 bridgehead atoms. The Labute approximate surface area is 119 Å². The Kier molecular flexibility index (Phi) is 3.19. The van der Waals surface area contributed by atoms with E-state index in [1.807, 2.05) is 12.3 Å². The average molecular weight is 270 g/mol. The van der Waals surface area contributed by atoms with Crippen molar-refractivity contribution in [1.82, 2.24) is 19.9 Å². The van der Waals surface area contributed by atoms with E-state index in [9.17, 15) is 0 Å². The van der Waals surface area contributed by atoms with Crippen molar-refractivity contribution in [2.24, 2.45) is 0 Å². The average Bonchev–Trinajstić information content (AvgIpc) is 3.14. The first-order valence-electron chi connectivity index (χ1n) is 7.95. The van der Waals surface area contributed by atoms with E-state index in [2.05, 4.69) is 25.9 Å². The first kappa shape index (κ1) is 12.3. The summed E-state index contributed by atoms with van der Waals surface area (Å²) in [4.78, 5) is 15.2. The van der Waals surface area contributed by atoms with Gasteiger partial charge in [0, 0.05) is 24.7 Å². The molecular weight excluding hydrogens is 248 g/mol. The number of nitrogens with one attached hydrogen (secondary N) is 1. The molecule has 1 N–H and O–H groups in total. The molecule has 4 heteroatoms. The van der Waals surface area contributed by atoms with Gasteiger partial charge in [-0.3, -0.25) is 4.90 Å². The van der Waals surface area contributed by atoms with E-state index in [4.69, 9.17) is 0 Å². The third-order valence-electron chi connectivity index (χ3n) is 4.97. The summed E-state index contributed by atoms with van der Waals surface area (Å²) in [5.74, 6) is 1.70. The number of hydrogen-bond acceptors (Lipinski definition) is 3. The second-order valence-electron chi connectivity index (χ2n) is 6.27. The molecule has 0 radical (unpaired) electrons. The van der Waals surface area contributed by atoms with Crippen LogP contribution < -0.4 is 0 Å². The van der Waals surface area contributed by atoms with Crippen LogP contribution in [-0.2, 0) is 0 Å². The molecule has 0 aromatic carbocycles. The van der Waals surface area contributed by atoms with E-state index in [0.29, 0.717) is 5.92 Å². The molecule has 3 heterocycles. The van der Waals surface area contributed by atoms with E-state index in [1.54, 1.807) is 0 Å². The lowest BCUT2D eigenvalue weighted by atomic mass is 9.94. The van der Waals surface area contributed by atoms with Crippen LogP contribution in [0.3, 0.4) is 0 Å². The largest absolute Gasteiger partial charge is 0.340 e. The van der Waals surface area contributed by atoms with E-state index in [-0.39, 0.29) is 0 Å². The minimum atomic E-state index is 0.561. The number of nitrogens with zero attached hydrogens (tertiary/aromatic N) is 3. The van der Waals surface area contributed by atoms with Gasteiger partial charge in [0.05, 0.1) is 5.52 Å². The van der Waals surface area contributed by atoms with Gasteiger partial charge >= 0.3 is 0 Å². The highest BCUT2D eigenvalue weighted by molar-refractivity contribution is 5.70. The predicted molar refractivity (Wildman–Crippen MR) is 79.7 cm³/mol. The van der Waals surface area contributed by atoms with Crippen LogP contribution in [-0.4, -0.2) is 39.0 Å². The van der Waals surface area contributed by atoms with E-state index < -0.39 is 0 Å². The Morgan fingerprint density at radius 3 is 2.90 bits per heavy atom. The number of hydrogen-bond donors (Lipinski definition) is 1. The van der Waals surface area contributed by atoms with Crippen LogP contribution in [0.4, 0.5) is 0 Å². The highest BCUT2D eigenvalue weighted by Gasteiger charge is 2.31. The molecule has 2 aliphatic rings. The molecule has 0 unspecified atom stereocenters. The fourth-order valence-corrected chi connectivity index (χ4v) is 3.85. The molecule has 4 rings (SSSR count). The van der Waals surface area contributed by atoms with Gasteiger partial charge in [-0.05, 0) is 37.9 Å². The third-order valence-corrected chi connectivity index (χ3v) is 4.97. The zero-order chi connectivity index (χ0) is 13.4. The fourth-order valence-electron chi connectivity index (χ4n) is 3.85. The van der Waals surface area contributed by atoms with Gasteiger partial charge in [0.1, 0.15) is 5.82 Å². The van der Waals surface area contributed by atoms with Crippen molar-refractivity contribution in [1.29, 1.82) is 0 Å². The Balaban J connectivity index is 1.49. The monoisotopic (exact) mass is 270 g/mol. The fraction of sp³-hybridized carbons (Fsp3) is 0.625. The standard InChI is InChI=1S/C16H22N4/c1-2-5-13(6-3-1)20-10-8-12(11-20)15-18-14-7-4-9-17-16(14)19-15/h4,7,9,12-13H,1-3,5-6,8,10-11H2,(H,17,18,19)/t12-/m0/s1. The lowest BCUT2D eigenvalue weighted by molar-refractivity contribution is 0.189. The van der Waals surface area contributed by atoms with Crippen molar-refractivity contribution in [3.63, 3.8) is 0 Å². The Morgan fingerprint density at radius 1 is 1.15 bits per heavy atom. The van der Waals surface area contributed by atoms with E-state index in [1.165, 1.54) is 51.6 Å².